The van der Waals surface area contributed by atoms with E-state index in [1.54, 1.807) is 5.01 Å². The van der Waals surface area contributed by atoms with Gasteiger partial charge in [-0.15, -0.1) is 5.01 Å². The van der Waals surface area contributed by atoms with Gasteiger partial charge < -0.3 is 4.74 Å². The summed E-state index contributed by atoms with van der Waals surface area (Å²) in [5.41, 5.74) is 3.11. The minimum Gasteiger partial charge on any atom is -0.461 e. The van der Waals surface area contributed by atoms with Crippen molar-refractivity contribution in [3.8, 4) is 0 Å². The largest absolute Gasteiger partial charge is 0.461 e. The van der Waals surface area contributed by atoms with Crippen molar-refractivity contribution in [2.45, 2.75) is 65.2 Å². The summed E-state index contributed by atoms with van der Waals surface area (Å²) >= 11 is 0. The molecule has 1 aromatic carbocycles. The fourth-order valence-corrected chi connectivity index (χ4v) is 3.15. The number of esters is 1. The molecule has 26 heavy (non-hydrogen) atoms. The Morgan fingerprint density at radius 2 is 1.96 bits per heavy atom. The molecule has 0 unspecified atom stereocenters. The third kappa shape index (κ3) is 5.69. The Kier molecular flexibility index (Phi) is 6.97. The number of hydrogen-bond acceptors (Lipinski definition) is 4. The van der Waals surface area contributed by atoms with Crippen LogP contribution in [0.2, 0.25) is 0 Å². The highest BCUT2D eigenvalue weighted by Gasteiger charge is 2.36. The molecule has 0 radical (unpaired) electrons. The van der Waals surface area contributed by atoms with Gasteiger partial charge in [0.15, 0.2) is 0 Å². The van der Waals surface area contributed by atoms with Crippen LogP contribution in [-0.2, 0) is 21.0 Å². The van der Waals surface area contributed by atoms with Gasteiger partial charge in [-0.3, -0.25) is 4.79 Å². The predicted octanol–water partition coefficient (Wildman–Crippen LogP) is 3.15. The molecule has 1 N–H and O–H groups in total. The van der Waals surface area contributed by atoms with Gasteiger partial charge in [0.25, 0.3) is 4.98 Å². The summed E-state index contributed by atoms with van der Waals surface area (Å²) in [5, 5.41) is 1.62. The van der Waals surface area contributed by atoms with E-state index in [1.165, 1.54) is 0 Å². The number of carbonyl (C=O) groups excluding carboxylic acids is 1. The lowest BCUT2D eigenvalue weighted by Crippen LogP contribution is -2.52. The predicted molar refractivity (Wildman–Crippen MR) is 97.3 cm³/mol. The number of nitrogens with zero attached hydrogens (tertiary/aromatic N) is 2. The van der Waals surface area contributed by atoms with Gasteiger partial charge in [0, 0.05) is 5.59 Å². The van der Waals surface area contributed by atoms with Crippen LogP contribution in [0.15, 0.2) is 30.3 Å². The third-order valence-corrected chi connectivity index (χ3v) is 4.53. The average Bonchev–Trinajstić information content (AvgIpc) is 3.07. The molecule has 2 atom stereocenters. The van der Waals surface area contributed by atoms with E-state index in [2.05, 4.69) is 5.59 Å². The second-order valence-electron chi connectivity index (χ2n) is 7.59. The summed E-state index contributed by atoms with van der Waals surface area (Å²) < 4.78 is 5.39. The second kappa shape index (κ2) is 8.98. The van der Waals surface area contributed by atoms with E-state index in [0.717, 1.165) is 5.56 Å². The van der Waals surface area contributed by atoms with Crippen LogP contribution in [0.3, 0.4) is 0 Å². The molecule has 0 saturated heterocycles. The maximum atomic E-state index is 12.2. The summed E-state index contributed by atoms with van der Waals surface area (Å²) in [6.45, 7) is 8.62. The van der Waals surface area contributed by atoms with Crippen molar-refractivity contribution in [3.63, 3.8) is 0 Å². The monoisotopic (exact) mass is 364 g/mol. The fourth-order valence-electron chi connectivity index (χ4n) is 3.15. The molecule has 1 saturated carbocycles. The van der Waals surface area contributed by atoms with Gasteiger partial charge in [-0.05, 0) is 52.5 Å². The highest BCUT2D eigenvalue weighted by molar-refractivity contribution is 5.72. The fraction of sp³-hybridized carbons (Fsp3) is 0.632. The molecule has 0 amide bonds. The van der Waals surface area contributed by atoms with Crippen molar-refractivity contribution in [2.24, 2.45) is 5.92 Å². The number of rotatable bonds is 8. The average molecular weight is 364 g/mol. The minimum atomic E-state index is -0.313. The van der Waals surface area contributed by atoms with Crippen LogP contribution in [0.1, 0.15) is 52.5 Å². The molecule has 7 nitrogen and oxygen atoms in total. The normalized spacial score (nSPS) is 19.8. The van der Waals surface area contributed by atoms with Crippen molar-refractivity contribution in [1.82, 2.24) is 10.6 Å². The lowest BCUT2D eigenvalue weighted by atomic mass is 10.1. The quantitative estimate of drug-likeness (QED) is 0.434. The van der Waals surface area contributed by atoms with Gasteiger partial charge in [0.05, 0.1) is 29.0 Å². The molecule has 1 fully saturated rings. The van der Waals surface area contributed by atoms with E-state index < -0.39 is 0 Å². The SMILES string of the molecule is CCN([N+](=O)NO[C@@H]1CC[C@H](C(=O)OCc2ccccc2)C1)C(C)(C)C. The molecule has 1 aromatic rings. The molecule has 1 aliphatic carbocycles. The highest BCUT2D eigenvalue weighted by atomic mass is 16.7. The van der Waals surface area contributed by atoms with Crippen LogP contribution in [-0.4, -0.2) is 34.1 Å². The number of nitrogens with one attached hydrogen (secondary N) is 1. The maximum Gasteiger partial charge on any atom is 0.309 e. The van der Waals surface area contributed by atoms with Crippen LogP contribution in [0, 0.1) is 10.8 Å². The van der Waals surface area contributed by atoms with Gasteiger partial charge >= 0.3 is 5.97 Å². The van der Waals surface area contributed by atoms with E-state index in [1.807, 2.05) is 58.0 Å². The van der Waals surface area contributed by atoms with Gasteiger partial charge in [0.1, 0.15) is 6.61 Å². The molecule has 0 heterocycles. The first-order chi connectivity index (χ1) is 12.3. The number of hydrogen-bond donors (Lipinski definition) is 1. The summed E-state index contributed by atoms with van der Waals surface area (Å²) in [6.07, 6.45) is 1.79. The van der Waals surface area contributed by atoms with E-state index >= 15 is 0 Å². The molecule has 144 valence electrons. The smallest absolute Gasteiger partial charge is 0.309 e. The Bertz CT molecular complexity index is 601. The van der Waals surface area contributed by atoms with Gasteiger partial charge in [-0.2, -0.15) is 0 Å². The van der Waals surface area contributed by atoms with Gasteiger partial charge in [-0.25, -0.2) is 4.84 Å². The summed E-state index contributed by atoms with van der Waals surface area (Å²) in [6, 6.07) is 9.61. The standard InChI is InChI=1S/C19H30N3O4/c1-5-21(19(2,3)4)22(24)20-26-17-12-11-16(13-17)18(23)25-14-15-9-7-6-8-10-15/h6-10,16-17H,5,11-14H2,1-4H3,(H,20,24)/q+1/t16-,17+/m0/s1. The van der Waals surface area contributed by atoms with E-state index in [0.29, 0.717) is 30.8 Å². The van der Waals surface area contributed by atoms with E-state index in [9.17, 15) is 9.70 Å². The molecule has 0 spiro atoms. The van der Waals surface area contributed by atoms with E-state index in [-0.39, 0.29) is 30.1 Å². The molecule has 0 aromatic heterocycles. The maximum absolute atomic E-state index is 12.2. The summed E-state index contributed by atoms with van der Waals surface area (Å²) in [4.78, 5) is 30.5. The number of carbonyl (C=O) groups is 1. The number of hydrazine groups is 2. The zero-order valence-electron chi connectivity index (χ0n) is 16.1. The lowest BCUT2D eigenvalue weighted by molar-refractivity contribution is -0.801. The Hall–Kier alpha value is -2.15. The first kappa shape index (κ1) is 20.2. The van der Waals surface area contributed by atoms with Crippen molar-refractivity contribution >= 4 is 5.97 Å². The van der Waals surface area contributed by atoms with E-state index in [4.69, 9.17) is 9.57 Å². The van der Waals surface area contributed by atoms with Crippen molar-refractivity contribution in [1.29, 1.82) is 0 Å². The Morgan fingerprint density at radius 1 is 1.27 bits per heavy atom. The number of benzene rings is 1. The first-order valence-electron chi connectivity index (χ1n) is 9.18. The van der Waals surface area contributed by atoms with Crippen LogP contribution >= 0.6 is 0 Å². The molecule has 2 rings (SSSR count). The third-order valence-electron chi connectivity index (χ3n) is 4.53. The van der Waals surface area contributed by atoms with Gasteiger partial charge in [0.2, 0.25) is 0 Å². The Balaban J connectivity index is 1.74. The van der Waals surface area contributed by atoms with Crippen LogP contribution < -0.4 is 5.59 Å². The topological polar surface area (TPSA) is 70.9 Å². The van der Waals surface area contributed by atoms with Crippen molar-refractivity contribution in [3.05, 3.63) is 40.8 Å². The first-order valence-corrected chi connectivity index (χ1v) is 9.18. The number of nitroso groups, excluding NO2 is 1. The molecule has 1 aliphatic rings. The van der Waals surface area contributed by atoms with Crippen LogP contribution in [0.25, 0.3) is 0 Å². The summed E-state index contributed by atoms with van der Waals surface area (Å²) in [7, 11) is 0. The lowest BCUT2D eigenvalue weighted by Gasteiger charge is -2.25. The Labute approximate surface area is 155 Å². The molecule has 7 heteroatoms. The highest BCUT2D eigenvalue weighted by Crippen LogP contribution is 2.28. The molecular formula is C19H30N3O4+. The van der Waals surface area contributed by atoms with Crippen LogP contribution in [0.4, 0.5) is 0 Å². The zero-order chi connectivity index (χ0) is 19.2. The minimum absolute atomic E-state index is 0.181. The zero-order valence-corrected chi connectivity index (χ0v) is 16.1. The van der Waals surface area contributed by atoms with Crippen molar-refractivity contribution in [2.75, 3.05) is 6.54 Å². The molecule has 0 aliphatic heterocycles. The molecular weight excluding hydrogens is 334 g/mol. The molecule has 0 bridgehead atoms. The number of ether oxygens (including phenoxy) is 1. The second-order valence-corrected chi connectivity index (χ2v) is 7.59. The van der Waals surface area contributed by atoms with Crippen LogP contribution in [0.5, 0.6) is 0 Å². The van der Waals surface area contributed by atoms with Crippen molar-refractivity contribution < 1.29 is 19.3 Å². The van der Waals surface area contributed by atoms with Gasteiger partial charge in [-0.1, -0.05) is 30.3 Å². The summed E-state index contributed by atoms with van der Waals surface area (Å²) in [5.74, 6) is -0.390. The Morgan fingerprint density at radius 3 is 2.58 bits per heavy atom.